The van der Waals surface area contributed by atoms with Gasteiger partial charge in [-0.3, -0.25) is 9.89 Å². The number of rotatable bonds is 3. The van der Waals surface area contributed by atoms with Crippen molar-refractivity contribution in [3.05, 3.63) is 35.4 Å². The minimum Gasteiger partial charge on any atom is -0.349 e. The average Bonchev–Trinajstić information content (AvgIpc) is 2.52. The van der Waals surface area contributed by atoms with Gasteiger partial charge in [-0.25, -0.2) is 8.78 Å². The van der Waals surface area contributed by atoms with Gasteiger partial charge in [0.15, 0.2) is 5.96 Å². The summed E-state index contributed by atoms with van der Waals surface area (Å²) in [5.41, 5.74) is 0.583. The fourth-order valence-corrected chi connectivity index (χ4v) is 3.30. The standard InChI is InChI=1S/C17H26F2N4/c1-5-16(14-7-6-13(18)12-15(14)19)22-8-10-23(11-9-22)17(20-2)21(3)4/h6-7,12,16H,5,8-11H2,1-4H3. The van der Waals surface area contributed by atoms with Gasteiger partial charge >= 0.3 is 0 Å². The lowest BCUT2D eigenvalue weighted by Crippen LogP contribution is -2.52. The zero-order chi connectivity index (χ0) is 17.0. The fraction of sp³-hybridized carbons (Fsp3) is 0.588. The summed E-state index contributed by atoms with van der Waals surface area (Å²) in [6, 6.07) is 3.87. The van der Waals surface area contributed by atoms with E-state index in [1.54, 1.807) is 13.1 Å². The molecular weight excluding hydrogens is 298 g/mol. The maximum atomic E-state index is 14.1. The number of halogens is 2. The van der Waals surface area contributed by atoms with Crippen LogP contribution < -0.4 is 0 Å². The number of hydrogen-bond donors (Lipinski definition) is 0. The Morgan fingerprint density at radius 1 is 1.22 bits per heavy atom. The number of guanidine groups is 1. The Hall–Kier alpha value is -1.69. The molecule has 4 nitrogen and oxygen atoms in total. The highest BCUT2D eigenvalue weighted by Gasteiger charge is 2.27. The molecule has 1 saturated heterocycles. The quantitative estimate of drug-likeness (QED) is 0.630. The van der Waals surface area contributed by atoms with Crippen molar-refractivity contribution in [1.82, 2.24) is 14.7 Å². The van der Waals surface area contributed by atoms with Crippen molar-refractivity contribution in [2.75, 3.05) is 47.3 Å². The Labute approximate surface area is 137 Å². The molecule has 2 rings (SSSR count). The zero-order valence-corrected chi connectivity index (χ0v) is 14.4. The predicted octanol–water partition coefficient (Wildman–Crippen LogP) is 2.58. The molecule has 128 valence electrons. The van der Waals surface area contributed by atoms with Gasteiger partial charge in [-0.2, -0.15) is 0 Å². The summed E-state index contributed by atoms with van der Waals surface area (Å²) in [6.07, 6.45) is 0.797. The minimum absolute atomic E-state index is 0.0147. The molecule has 1 atom stereocenters. The molecule has 0 spiro atoms. The molecule has 0 radical (unpaired) electrons. The van der Waals surface area contributed by atoms with Crippen LogP contribution in [0.3, 0.4) is 0 Å². The summed E-state index contributed by atoms with van der Waals surface area (Å²) in [5, 5.41) is 0. The first kappa shape index (κ1) is 17.7. The van der Waals surface area contributed by atoms with Crippen LogP contribution >= 0.6 is 0 Å². The van der Waals surface area contributed by atoms with Crippen molar-refractivity contribution in [1.29, 1.82) is 0 Å². The highest BCUT2D eigenvalue weighted by Crippen LogP contribution is 2.28. The topological polar surface area (TPSA) is 22.1 Å². The molecule has 1 aromatic carbocycles. The third-order valence-corrected chi connectivity index (χ3v) is 4.35. The second-order valence-electron chi connectivity index (χ2n) is 6.03. The molecule has 1 heterocycles. The van der Waals surface area contributed by atoms with Gasteiger partial charge in [-0.1, -0.05) is 13.0 Å². The van der Waals surface area contributed by atoms with Gasteiger partial charge in [0.05, 0.1) is 0 Å². The van der Waals surface area contributed by atoms with E-state index in [0.29, 0.717) is 5.56 Å². The van der Waals surface area contributed by atoms with Crippen LogP contribution in [0.2, 0.25) is 0 Å². The van der Waals surface area contributed by atoms with Gasteiger partial charge in [0.25, 0.3) is 0 Å². The second kappa shape index (κ2) is 7.73. The molecule has 0 aromatic heterocycles. The van der Waals surface area contributed by atoms with Crippen LogP contribution in [-0.4, -0.2) is 68.0 Å². The number of piperazine rings is 1. The number of benzene rings is 1. The van der Waals surface area contributed by atoms with Crippen molar-refractivity contribution in [3.63, 3.8) is 0 Å². The van der Waals surface area contributed by atoms with E-state index in [4.69, 9.17) is 0 Å². The molecule has 0 amide bonds. The Kier molecular flexibility index (Phi) is 5.93. The summed E-state index contributed by atoms with van der Waals surface area (Å²) in [7, 11) is 5.76. The molecule has 1 aromatic rings. The van der Waals surface area contributed by atoms with Crippen LogP contribution in [-0.2, 0) is 0 Å². The minimum atomic E-state index is -0.527. The highest BCUT2D eigenvalue weighted by molar-refractivity contribution is 5.79. The molecular formula is C17H26F2N4. The molecule has 6 heteroatoms. The highest BCUT2D eigenvalue weighted by atomic mass is 19.1. The first-order valence-electron chi connectivity index (χ1n) is 8.06. The molecule has 23 heavy (non-hydrogen) atoms. The second-order valence-corrected chi connectivity index (χ2v) is 6.03. The lowest BCUT2D eigenvalue weighted by atomic mass is 10.0. The molecule has 1 unspecified atom stereocenters. The van der Waals surface area contributed by atoms with Gasteiger partial charge in [0.2, 0.25) is 0 Å². The van der Waals surface area contributed by atoms with E-state index in [9.17, 15) is 8.78 Å². The van der Waals surface area contributed by atoms with E-state index in [1.807, 2.05) is 25.9 Å². The molecule has 1 aliphatic rings. The Balaban J connectivity index is 2.08. The van der Waals surface area contributed by atoms with Crippen molar-refractivity contribution < 1.29 is 8.78 Å². The van der Waals surface area contributed by atoms with Crippen molar-refractivity contribution in [3.8, 4) is 0 Å². The van der Waals surface area contributed by atoms with Crippen LogP contribution in [0.25, 0.3) is 0 Å². The normalized spacial score (nSPS) is 18.2. The summed E-state index contributed by atoms with van der Waals surface area (Å²) in [6.45, 7) is 5.41. The molecule has 1 fully saturated rings. The van der Waals surface area contributed by atoms with Crippen molar-refractivity contribution >= 4 is 5.96 Å². The predicted molar refractivity (Wildman–Crippen MR) is 89.6 cm³/mol. The van der Waals surface area contributed by atoms with Crippen LogP contribution in [0.1, 0.15) is 24.9 Å². The number of nitrogens with zero attached hydrogens (tertiary/aromatic N) is 4. The van der Waals surface area contributed by atoms with Gasteiger partial charge in [-0.05, 0) is 12.5 Å². The Morgan fingerprint density at radius 2 is 1.87 bits per heavy atom. The van der Waals surface area contributed by atoms with Gasteiger partial charge in [0, 0.05) is 65.0 Å². The number of aliphatic imine (C=N–C) groups is 1. The molecule has 0 saturated carbocycles. The van der Waals surface area contributed by atoms with Gasteiger partial charge in [-0.15, -0.1) is 0 Å². The maximum Gasteiger partial charge on any atom is 0.195 e. The fourth-order valence-electron chi connectivity index (χ4n) is 3.30. The Morgan fingerprint density at radius 3 is 2.35 bits per heavy atom. The average molecular weight is 324 g/mol. The SMILES string of the molecule is CCC(c1ccc(F)cc1F)N1CCN(C(=NC)N(C)C)CC1. The molecule has 0 aliphatic carbocycles. The van der Waals surface area contributed by atoms with Crippen LogP contribution in [0.4, 0.5) is 8.78 Å². The van der Waals surface area contributed by atoms with E-state index in [-0.39, 0.29) is 6.04 Å². The lowest BCUT2D eigenvalue weighted by Gasteiger charge is -2.41. The van der Waals surface area contributed by atoms with Crippen molar-refractivity contribution in [2.24, 2.45) is 4.99 Å². The first-order valence-corrected chi connectivity index (χ1v) is 8.06. The third-order valence-electron chi connectivity index (χ3n) is 4.35. The smallest absolute Gasteiger partial charge is 0.195 e. The molecule has 1 aliphatic heterocycles. The van der Waals surface area contributed by atoms with Crippen molar-refractivity contribution in [2.45, 2.75) is 19.4 Å². The molecule has 0 bridgehead atoms. The summed E-state index contributed by atoms with van der Waals surface area (Å²) < 4.78 is 27.2. The first-order chi connectivity index (χ1) is 11.0. The van der Waals surface area contributed by atoms with Gasteiger partial charge < -0.3 is 9.80 Å². The van der Waals surface area contributed by atoms with Crippen LogP contribution in [0.15, 0.2) is 23.2 Å². The van der Waals surface area contributed by atoms with Crippen LogP contribution in [0.5, 0.6) is 0 Å². The Bertz CT molecular complexity index is 552. The third kappa shape index (κ3) is 3.99. The van der Waals surface area contributed by atoms with E-state index < -0.39 is 11.6 Å². The number of hydrogen-bond acceptors (Lipinski definition) is 2. The van der Waals surface area contributed by atoms with E-state index >= 15 is 0 Å². The van der Waals surface area contributed by atoms with Crippen LogP contribution in [0, 0.1) is 11.6 Å². The monoisotopic (exact) mass is 324 g/mol. The van der Waals surface area contributed by atoms with E-state index in [2.05, 4.69) is 14.8 Å². The molecule has 0 N–H and O–H groups in total. The summed E-state index contributed by atoms with van der Waals surface area (Å²) in [5.74, 6) is -0.0188. The van der Waals surface area contributed by atoms with E-state index in [0.717, 1.165) is 44.6 Å². The maximum absolute atomic E-state index is 14.1. The largest absolute Gasteiger partial charge is 0.349 e. The lowest BCUT2D eigenvalue weighted by molar-refractivity contribution is 0.121. The van der Waals surface area contributed by atoms with Gasteiger partial charge in [0.1, 0.15) is 11.6 Å². The summed E-state index contributed by atoms with van der Waals surface area (Å²) >= 11 is 0. The van der Waals surface area contributed by atoms with E-state index in [1.165, 1.54) is 6.07 Å². The zero-order valence-electron chi connectivity index (χ0n) is 14.4. The summed E-state index contributed by atoms with van der Waals surface area (Å²) in [4.78, 5) is 10.9.